The Morgan fingerprint density at radius 3 is 2.73 bits per heavy atom. The number of fused-ring (bicyclic) bond motifs is 1. The van der Waals surface area contributed by atoms with Crippen LogP contribution < -0.4 is 15.6 Å². The molecular formula is C25H26N4O3S. The second-order valence-corrected chi connectivity index (χ2v) is 9.33. The fourth-order valence-corrected chi connectivity index (χ4v) is 4.49. The van der Waals surface area contributed by atoms with Crippen molar-refractivity contribution in [1.29, 1.82) is 0 Å². The van der Waals surface area contributed by atoms with Crippen LogP contribution in [0.2, 0.25) is 0 Å². The molecule has 1 aromatic carbocycles. The minimum atomic E-state index is -0.147. The van der Waals surface area contributed by atoms with Crippen LogP contribution in [0.1, 0.15) is 39.4 Å². The van der Waals surface area contributed by atoms with E-state index in [-0.39, 0.29) is 17.9 Å². The molecule has 33 heavy (non-hydrogen) atoms. The van der Waals surface area contributed by atoms with Gasteiger partial charge in [-0.1, -0.05) is 18.2 Å². The van der Waals surface area contributed by atoms with E-state index in [0.29, 0.717) is 30.1 Å². The van der Waals surface area contributed by atoms with Crippen molar-refractivity contribution in [2.75, 3.05) is 0 Å². The molecule has 0 fully saturated rings. The molecule has 2 N–H and O–H groups in total. The lowest BCUT2D eigenvalue weighted by Gasteiger charge is -2.09. The van der Waals surface area contributed by atoms with Crippen molar-refractivity contribution in [3.05, 3.63) is 79.8 Å². The van der Waals surface area contributed by atoms with Crippen LogP contribution in [-0.2, 0) is 17.8 Å². The quantitative estimate of drug-likeness (QED) is 0.417. The molecule has 8 heteroatoms. The average molecular weight is 463 g/mol. The van der Waals surface area contributed by atoms with Crippen LogP contribution >= 0.6 is 11.3 Å². The molecule has 0 aliphatic carbocycles. The number of nitrogens with zero attached hydrogens (tertiary/aromatic N) is 2. The van der Waals surface area contributed by atoms with Crippen molar-refractivity contribution < 1.29 is 9.53 Å². The van der Waals surface area contributed by atoms with Gasteiger partial charge < -0.3 is 15.0 Å². The molecule has 0 spiro atoms. The summed E-state index contributed by atoms with van der Waals surface area (Å²) in [7, 11) is 0. The Balaban J connectivity index is 1.30. The predicted octanol–water partition coefficient (Wildman–Crippen LogP) is 4.65. The zero-order valence-electron chi connectivity index (χ0n) is 19.1. The third kappa shape index (κ3) is 5.28. The number of rotatable bonds is 7. The largest absolute Gasteiger partial charge is 0.439 e. The zero-order valence-corrected chi connectivity index (χ0v) is 19.9. The van der Waals surface area contributed by atoms with Crippen molar-refractivity contribution in [2.45, 2.75) is 47.1 Å². The number of hydrogen-bond donors (Lipinski definition) is 2. The first-order chi connectivity index (χ1) is 15.8. The number of ether oxygens (including phenoxy) is 1. The van der Waals surface area contributed by atoms with Gasteiger partial charge in [-0.2, -0.15) is 0 Å². The summed E-state index contributed by atoms with van der Waals surface area (Å²) in [4.78, 5) is 38.1. The van der Waals surface area contributed by atoms with Crippen LogP contribution in [0, 0.1) is 27.7 Å². The number of H-pyrrole nitrogens is 1. The van der Waals surface area contributed by atoms with E-state index < -0.39 is 0 Å². The number of thiophene rings is 1. The van der Waals surface area contributed by atoms with Crippen LogP contribution in [0.25, 0.3) is 10.2 Å². The molecule has 0 radical (unpaired) electrons. The van der Waals surface area contributed by atoms with E-state index in [2.05, 4.69) is 20.3 Å². The van der Waals surface area contributed by atoms with Crippen molar-refractivity contribution >= 4 is 27.5 Å². The zero-order chi connectivity index (χ0) is 23.5. The summed E-state index contributed by atoms with van der Waals surface area (Å²) in [5.74, 6) is 1.69. The number of nitrogens with one attached hydrogen (secondary N) is 2. The maximum absolute atomic E-state index is 12.4. The molecule has 0 bridgehead atoms. The molecule has 170 valence electrons. The van der Waals surface area contributed by atoms with Crippen LogP contribution in [0.15, 0.2) is 41.3 Å². The second-order valence-electron chi connectivity index (χ2n) is 8.13. The van der Waals surface area contributed by atoms with E-state index in [9.17, 15) is 9.59 Å². The van der Waals surface area contributed by atoms with Gasteiger partial charge in [-0.15, -0.1) is 11.3 Å². The summed E-state index contributed by atoms with van der Waals surface area (Å²) < 4.78 is 5.87. The van der Waals surface area contributed by atoms with Crippen LogP contribution in [0.3, 0.4) is 0 Å². The average Bonchev–Trinajstić information content (AvgIpc) is 3.08. The summed E-state index contributed by atoms with van der Waals surface area (Å²) in [6.07, 6.45) is 2.29. The molecule has 0 aliphatic rings. The first-order valence-electron chi connectivity index (χ1n) is 10.8. The van der Waals surface area contributed by atoms with E-state index >= 15 is 0 Å². The number of aromatic nitrogens is 3. The van der Waals surface area contributed by atoms with Crippen LogP contribution in [-0.4, -0.2) is 20.9 Å². The highest BCUT2D eigenvalue weighted by Crippen LogP contribution is 2.26. The summed E-state index contributed by atoms with van der Waals surface area (Å²) >= 11 is 1.50. The highest BCUT2D eigenvalue weighted by Gasteiger charge is 2.13. The number of carbonyl (C=O) groups excluding carboxylic acids is 1. The van der Waals surface area contributed by atoms with E-state index in [1.807, 2.05) is 52.0 Å². The summed E-state index contributed by atoms with van der Waals surface area (Å²) in [5.41, 5.74) is 3.85. The Kier molecular flexibility index (Phi) is 6.55. The lowest BCUT2D eigenvalue weighted by Crippen LogP contribution is -2.23. The van der Waals surface area contributed by atoms with Gasteiger partial charge in [0.1, 0.15) is 16.4 Å². The number of pyridine rings is 1. The van der Waals surface area contributed by atoms with Gasteiger partial charge in [-0.3, -0.25) is 9.59 Å². The fourth-order valence-electron chi connectivity index (χ4n) is 3.44. The molecule has 0 atom stereocenters. The third-order valence-electron chi connectivity index (χ3n) is 5.52. The maximum atomic E-state index is 12.4. The van der Waals surface area contributed by atoms with E-state index in [1.165, 1.54) is 11.3 Å². The molecule has 1 amide bonds. The lowest BCUT2D eigenvalue weighted by molar-refractivity contribution is -0.121. The first kappa shape index (κ1) is 22.7. The predicted molar refractivity (Wildman–Crippen MR) is 130 cm³/mol. The Bertz CT molecular complexity index is 1370. The molecule has 0 aliphatic heterocycles. The van der Waals surface area contributed by atoms with Crippen molar-refractivity contribution in [3.63, 3.8) is 0 Å². The number of benzene rings is 1. The first-order valence-corrected chi connectivity index (χ1v) is 11.6. The van der Waals surface area contributed by atoms with Gasteiger partial charge in [0.25, 0.3) is 5.56 Å². The highest BCUT2D eigenvalue weighted by molar-refractivity contribution is 7.18. The molecule has 3 aromatic heterocycles. The Labute approximate surface area is 195 Å². The van der Waals surface area contributed by atoms with Crippen molar-refractivity contribution in [3.8, 4) is 11.6 Å². The summed E-state index contributed by atoms with van der Waals surface area (Å²) in [6.45, 7) is 8.27. The molecule has 0 saturated heterocycles. The number of aryl methyl sites for hydroxylation is 5. The van der Waals surface area contributed by atoms with E-state index in [0.717, 1.165) is 37.7 Å². The lowest BCUT2D eigenvalue weighted by atomic mass is 10.1. The Morgan fingerprint density at radius 1 is 1.15 bits per heavy atom. The van der Waals surface area contributed by atoms with Gasteiger partial charge in [0, 0.05) is 36.5 Å². The number of aromatic amines is 1. The molecule has 0 unspecified atom stereocenters. The van der Waals surface area contributed by atoms with Crippen molar-refractivity contribution in [1.82, 2.24) is 20.3 Å². The fraction of sp³-hybridized carbons (Fsp3) is 0.280. The van der Waals surface area contributed by atoms with Gasteiger partial charge in [-0.25, -0.2) is 9.97 Å². The minimum absolute atomic E-state index is 0.119. The standard InChI is InChI=1S/C25H26N4O3S/c1-14-5-6-15(2)19(11-14)32-22-10-7-18(13-27-22)12-26-21(30)9-8-20-28-24(31)23-16(3)17(4)33-25(23)29-20/h5-7,10-11,13H,8-9,12H2,1-4H3,(H,26,30)(H,28,29,31). The molecule has 3 heterocycles. The normalized spacial score (nSPS) is 11.0. The SMILES string of the molecule is Cc1ccc(C)c(Oc2ccc(CNC(=O)CCc3nc4sc(C)c(C)c4c(=O)[nH]3)cn2)c1. The van der Waals surface area contributed by atoms with E-state index in [1.54, 1.807) is 12.3 Å². The van der Waals surface area contributed by atoms with Crippen LogP contribution in [0.5, 0.6) is 11.6 Å². The van der Waals surface area contributed by atoms with Crippen molar-refractivity contribution in [2.24, 2.45) is 0 Å². The molecule has 0 saturated carbocycles. The van der Waals surface area contributed by atoms with Gasteiger partial charge in [0.2, 0.25) is 11.8 Å². The minimum Gasteiger partial charge on any atom is -0.439 e. The van der Waals surface area contributed by atoms with Gasteiger partial charge in [0.15, 0.2) is 0 Å². The summed E-state index contributed by atoms with van der Waals surface area (Å²) in [5, 5.41) is 3.52. The maximum Gasteiger partial charge on any atom is 0.259 e. The topological polar surface area (TPSA) is 97.0 Å². The molecule has 4 aromatic rings. The van der Waals surface area contributed by atoms with Gasteiger partial charge in [0.05, 0.1) is 5.39 Å². The smallest absolute Gasteiger partial charge is 0.259 e. The number of amides is 1. The van der Waals surface area contributed by atoms with Gasteiger partial charge in [-0.05, 0) is 56.0 Å². The summed E-state index contributed by atoms with van der Waals surface area (Å²) in [6, 6.07) is 9.70. The Morgan fingerprint density at radius 2 is 1.97 bits per heavy atom. The van der Waals surface area contributed by atoms with E-state index in [4.69, 9.17) is 4.74 Å². The Hall–Kier alpha value is -3.52. The monoisotopic (exact) mass is 462 g/mol. The molecular weight excluding hydrogens is 436 g/mol. The second kappa shape index (κ2) is 9.54. The number of hydrogen-bond acceptors (Lipinski definition) is 6. The third-order valence-corrected chi connectivity index (χ3v) is 6.62. The van der Waals surface area contributed by atoms with Crippen LogP contribution in [0.4, 0.5) is 0 Å². The highest BCUT2D eigenvalue weighted by atomic mass is 32.1. The molecule has 7 nitrogen and oxygen atoms in total. The van der Waals surface area contributed by atoms with Gasteiger partial charge >= 0.3 is 0 Å². The molecule has 4 rings (SSSR count). The number of carbonyl (C=O) groups is 1.